The Morgan fingerprint density at radius 1 is 1.42 bits per heavy atom. The molecule has 1 aromatic rings. The molecule has 1 aliphatic heterocycles. The van der Waals surface area contributed by atoms with Crippen molar-refractivity contribution in [2.45, 2.75) is 43.9 Å². The Labute approximate surface area is 113 Å². The third-order valence-electron chi connectivity index (χ3n) is 4.13. The summed E-state index contributed by atoms with van der Waals surface area (Å²) in [4.78, 5) is 0. The van der Waals surface area contributed by atoms with Crippen LogP contribution in [-0.4, -0.2) is 31.9 Å². The predicted octanol–water partition coefficient (Wildman–Crippen LogP) is 2.29. The molecule has 1 heterocycles. The fourth-order valence-corrected chi connectivity index (χ4v) is 3.13. The first-order valence-corrected chi connectivity index (χ1v) is 6.97. The van der Waals surface area contributed by atoms with Crippen molar-refractivity contribution in [1.29, 1.82) is 0 Å². The molecule has 0 bridgehead atoms. The van der Waals surface area contributed by atoms with E-state index in [1.165, 1.54) is 12.5 Å². The zero-order valence-corrected chi connectivity index (χ0v) is 11.2. The zero-order valence-electron chi connectivity index (χ0n) is 11.2. The second-order valence-corrected chi connectivity index (χ2v) is 5.42. The maximum atomic E-state index is 13.1. The van der Waals surface area contributed by atoms with E-state index in [0.717, 1.165) is 37.1 Å². The van der Waals surface area contributed by atoms with Crippen molar-refractivity contribution in [1.82, 2.24) is 5.32 Å². The lowest BCUT2D eigenvalue weighted by atomic mass is 10.1. The average Bonchev–Trinajstić information content (AvgIpc) is 3.01. The molecule has 104 valence electrons. The van der Waals surface area contributed by atoms with Gasteiger partial charge in [0.25, 0.3) is 0 Å². The smallest absolute Gasteiger partial charge is 0.123 e. The molecular formula is C15H20FNO2. The summed E-state index contributed by atoms with van der Waals surface area (Å²) < 4.78 is 24.4. The lowest BCUT2D eigenvalue weighted by Gasteiger charge is -2.21. The van der Waals surface area contributed by atoms with Crippen molar-refractivity contribution in [2.75, 3.05) is 13.7 Å². The molecule has 1 saturated carbocycles. The van der Waals surface area contributed by atoms with Gasteiger partial charge in [-0.05, 0) is 37.5 Å². The number of hydrogen-bond acceptors (Lipinski definition) is 3. The molecule has 0 aromatic heterocycles. The number of ether oxygens (including phenoxy) is 2. The molecule has 0 amide bonds. The Bertz CT molecular complexity index is 452. The highest BCUT2D eigenvalue weighted by Crippen LogP contribution is 2.29. The van der Waals surface area contributed by atoms with E-state index >= 15 is 0 Å². The SMILES string of the molecule is COC1CCCC1NCC1Cc2cc(F)ccc2O1. The highest BCUT2D eigenvalue weighted by atomic mass is 19.1. The molecule has 3 unspecified atom stereocenters. The third kappa shape index (κ3) is 2.74. The van der Waals surface area contributed by atoms with Gasteiger partial charge in [-0.1, -0.05) is 0 Å². The van der Waals surface area contributed by atoms with Crippen LogP contribution in [0.1, 0.15) is 24.8 Å². The second kappa shape index (κ2) is 5.47. The van der Waals surface area contributed by atoms with Gasteiger partial charge < -0.3 is 14.8 Å². The van der Waals surface area contributed by atoms with E-state index in [0.29, 0.717) is 12.1 Å². The average molecular weight is 265 g/mol. The molecule has 2 aliphatic rings. The maximum Gasteiger partial charge on any atom is 0.123 e. The standard InChI is InChI=1S/C15H20FNO2/c1-18-15-4-2-3-13(15)17-9-12-8-10-7-11(16)5-6-14(10)19-12/h5-7,12-13,15,17H,2-4,8-9H2,1H3. The van der Waals surface area contributed by atoms with Crippen molar-refractivity contribution >= 4 is 0 Å². The summed E-state index contributed by atoms with van der Waals surface area (Å²) >= 11 is 0. The van der Waals surface area contributed by atoms with Gasteiger partial charge in [-0.15, -0.1) is 0 Å². The number of methoxy groups -OCH3 is 1. The molecule has 3 rings (SSSR count). The van der Waals surface area contributed by atoms with Crippen LogP contribution in [0.3, 0.4) is 0 Å². The lowest BCUT2D eigenvalue weighted by molar-refractivity contribution is 0.0812. The Hall–Kier alpha value is -1.13. The molecule has 3 atom stereocenters. The molecule has 19 heavy (non-hydrogen) atoms. The van der Waals surface area contributed by atoms with Crippen molar-refractivity contribution < 1.29 is 13.9 Å². The van der Waals surface area contributed by atoms with Crippen LogP contribution in [0, 0.1) is 5.82 Å². The molecule has 3 nitrogen and oxygen atoms in total. The topological polar surface area (TPSA) is 30.5 Å². The number of rotatable bonds is 4. The van der Waals surface area contributed by atoms with Crippen molar-refractivity contribution in [3.8, 4) is 5.75 Å². The minimum absolute atomic E-state index is 0.106. The van der Waals surface area contributed by atoms with Gasteiger partial charge >= 0.3 is 0 Å². The molecular weight excluding hydrogens is 245 g/mol. The van der Waals surface area contributed by atoms with Crippen LogP contribution in [0.25, 0.3) is 0 Å². The lowest BCUT2D eigenvalue weighted by Crippen LogP contribution is -2.42. The van der Waals surface area contributed by atoms with Gasteiger partial charge in [0.1, 0.15) is 17.7 Å². The number of nitrogens with one attached hydrogen (secondary N) is 1. The molecule has 1 fully saturated rings. The van der Waals surface area contributed by atoms with Crippen LogP contribution in [0.5, 0.6) is 5.75 Å². The van der Waals surface area contributed by atoms with Crippen molar-refractivity contribution in [3.63, 3.8) is 0 Å². The Morgan fingerprint density at radius 2 is 2.32 bits per heavy atom. The predicted molar refractivity (Wildman–Crippen MR) is 71.0 cm³/mol. The molecule has 1 N–H and O–H groups in total. The van der Waals surface area contributed by atoms with Gasteiger partial charge in [0.05, 0.1) is 6.10 Å². The van der Waals surface area contributed by atoms with Crippen LogP contribution in [0.4, 0.5) is 4.39 Å². The van der Waals surface area contributed by atoms with E-state index in [1.54, 1.807) is 19.2 Å². The van der Waals surface area contributed by atoms with E-state index in [2.05, 4.69) is 5.32 Å². The highest BCUT2D eigenvalue weighted by molar-refractivity contribution is 5.37. The Kier molecular flexibility index (Phi) is 3.71. The summed E-state index contributed by atoms with van der Waals surface area (Å²) in [5.41, 5.74) is 0.974. The van der Waals surface area contributed by atoms with Crippen molar-refractivity contribution in [3.05, 3.63) is 29.6 Å². The monoisotopic (exact) mass is 265 g/mol. The first kappa shape index (κ1) is 12.9. The van der Waals surface area contributed by atoms with E-state index in [1.807, 2.05) is 0 Å². The zero-order chi connectivity index (χ0) is 13.2. The first-order valence-electron chi connectivity index (χ1n) is 6.97. The van der Waals surface area contributed by atoms with Gasteiger partial charge in [-0.2, -0.15) is 0 Å². The fraction of sp³-hybridized carbons (Fsp3) is 0.600. The van der Waals surface area contributed by atoms with Gasteiger partial charge in [-0.25, -0.2) is 4.39 Å². The number of fused-ring (bicyclic) bond motifs is 1. The largest absolute Gasteiger partial charge is 0.488 e. The fourth-order valence-electron chi connectivity index (χ4n) is 3.13. The quantitative estimate of drug-likeness (QED) is 0.906. The summed E-state index contributed by atoms with van der Waals surface area (Å²) in [7, 11) is 1.77. The summed E-state index contributed by atoms with van der Waals surface area (Å²) in [6, 6.07) is 5.17. The normalized spacial score (nSPS) is 29.3. The van der Waals surface area contributed by atoms with Gasteiger partial charge in [0, 0.05) is 31.7 Å². The van der Waals surface area contributed by atoms with Crippen LogP contribution in [0.2, 0.25) is 0 Å². The minimum Gasteiger partial charge on any atom is -0.488 e. The summed E-state index contributed by atoms with van der Waals surface area (Å²) in [6.45, 7) is 0.792. The number of benzene rings is 1. The Morgan fingerprint density at radius 3 is 3.16 bits per heavy atom. The summed E-state index contributed by atoms with van der Waals surface area (Å²) in [5.74, 6) is 0.633. The Balaban J connectivity index is 1.53. The van der Waals surface area contributed by atoms with Gasteiger partial charge in [0.15, 0.2) is 0 Å². The van der Waals surface area contributed by atoms with Crippen LogP contribution >= 0.6 is 0 Å². The number of hydrogen-bond donors (Lipinski definition) is 1. The molecule has 1 aliphatic carbocycles. The van der Waals surface area contributed by atoms with E-state index < -0.39 is 0 Å². The van der Waals surface area contributed by atoms with E-state index in [-0.39, 0.29) is 11.9 Å². The third-order valence-corrected chi connectivity index (χ3v) is 4.13. The van der Waals surface area contributed by atoms with E-state index in [4.69, 9.17) is 9.47 Å². The minimum atomic E-state index is -0.189. The molecule has 1 aromatic carbocycles. The molecule has 0 radical (unpaired) electrons. The first-order chi connectivity index (χ1) is 9.26. The number of halogens is 1. The second-order valence-electron chi connectivity index (χ2n) is 5.42. The molecule has 0 saturated heterocycles. The summed E-state index contributed by atoms with van der Waals surface area (Å²) in [6.07, 6.45) is 4.71. The van der Waals surface area contributed by atoms with Crippen LogP contribution < -0.4 is 10.1 Å². The maximum absolute atomic E-state index is 13.1. The molecule has 0 spiro atoms. The van der Waals surface area contributed by atoms with Crippen molar-refractivity contribution in [2.24, 2.45) is 0 Å². The van der Waals surface area contributed by atoms with Gasteiger partial charge in [0.2, 0.25) is 0 Å². The molecule has 4 heteroatoms. The van der Waals surface area contributed by atoms with E-state index in [9.17, 15) is 4.39 Å². The van der Waals surface area contributed by atoms with Crippen LogP contribution in [0.15, 0.2) is 18.2 Å². The van der Waals surface area contributed by atoms with Crippen LogP contribution in [-0.2, 0) is 11.2 Å². The summed E-state index contributed by atoms with van der Waals surface area (Å²) in [5, 5.41) is 3.53. The highest BCUT2D eigenvalue weighted by Gasteiger charge is 2.29. The van der Waals surface area contributed by atoms with Gasteiger partial charge in [-0.3, -0.25) is 0 Å².